The number of amides is 1. The number of imidazole rings is 1. The Hall–Kier alpha value is -3.08. The first-order valence-electron chi connectivity index (χ1n) is 7.76. The molecule has 0 aliphatic rings. The predicted octanol–water partition coefficient (Wildman–Crippen LogP) is 3.09. The zero-order chi connectivity index (χ0) is 17.1. The molecule has 0 radical (unpaired) electrons. The SMILES string of the molecule is Cc1cccc(NC(=O)c2c[nH]c(=O)n2Cc2ccccc2)c1C. The molecule has 2 aromatic carbocycles. The molecule has 0 bridgehead atoms. The van der Waals surface area contributed by atoms with Crippen molar-refractivity contribution in [3.05, 3.63) is 87.6 Å². The zero-order valence-electron chi connectivity index (χ0n) is 13.7. The molecule has 24 heavy (non-hydrogen) atoms. The molecular weight excluding hydrogens is 302 g/mol. The van der Waals surface area contributed by atoms with Crippen LogP contribution in [0.1, 0.15) is 27.2 Å². The van der Waals surface area contributed by atoms with Crippen LogP contribution in [0.4, 0.5) is 5.69 Å². The number of aromatic nitrogens is 2. The van der Waals surface area contributed by atoms with E-state index in [1.807, 2.05) is 62.4 Å². The summed E-state index contributed by atoms with van der Waals surface area (Å²) in [5.41, 5.74) is 3.83. The number of carbonyl (C=O) groups excluding carboxylic acids is 1. The van der Waals surface area contributed by atoms with Crippen LogP contribution in [0.25, 0.3) is 0 Å². The minimum absolute atomic E-state index is 0.301. The molecule has 122 valence electrons. The van der Waals surface area contributed by atoms with E-state index >= 15 is 0 Å². The van der Waals surface area contributed by atoms with Gasteiger partial charge in [-0.05, 0) is 36.6 Å². The molecule has 0 aliphatic heterocycles. The van der Waals surface area contributed by atoms with Gasteiger partial charge in [-0.25, -0.2) is 4.79 Å². The third kappa shape index (κ3) is 3.15. The van der Waals surface area contributed by atoms with Gasteiger partial charge >= 0.3 is 5.69 Å². The van der Waals surface area contributed by atoms with E-state index in [2.05, 4.69) is 10.3 Å². The third-order valence-electron chi connectivity index (χ3n) is 4.14. The van der Waals surface area contributed by atoms with Gasteiger partial charge in [0.2, 0.25) is 0 Å². The van der Waals surface area contributed by atoms with E-state index in [0.29, 0.717) is 12.2 Å². The average Bonchev–Trinajstić information content (AvgIpc) is 2.94. The average molecular weight is 321 g/mol. The number of nitrogens with zero attached hydrogens (tertiary/aromatic N) is 1. The smallest absolute Gasteiger partial charge is 0.320 e. The summed E-state index contributed by atoms with van der Waals surface area (Å²) in [6.45, 7) is 4.30. The minimum atomic E-state index is -0.307. The van der Waals surface area contributed by atoms with Crippen LogP contribution < -0.4 is 11.0 Å². The Labute approximate surface area is 140 Å². The largest absolute Gasteiger partial charge is 0.326 e. The number of nitrogens with one attached hydrogen (secondary N) is 2. The van der Waals surface area contributed by atoms with Crippen LogP contribution >= 0.6 is 0 Å². The van der Waals surface area contributed by atoms with Crippen molar-refractivity contribution in [2.24, 2.45) is 0 Å². The molecule has 0 spiro atoms. The molecule has 0 unspecified atom stereocenters. The lowest BCUT2D eigenvalue weighted by Crippen LogP contribution is -2.24. The zero-order valence-corrected chi connectivity index (χ0v) is 13.7. The molecule has 1 heterocycles. The first-order valence-corrected chi connectivity index (χ1v) is 7.76. The predicted molar refractivity (Wildman–Crippen MR) is 94.5 cm³/mol. The van der Waals surface area contributed by atoms with Gasteiger partial charge in [-0.2, -0.15) is 0 Å². The number of aromatic amines is 1. The van der Waals surface area contributed by atoms with E-state index in [1.54, 1.807) is 0 Å². The first kappa shape index (κ1) is 15.8. The quantitative estimate of drug-likeness (QED) is 0.775. The molecule has 2 N–H and O–H groups in total. The van der Waals surface area contributed by atoms with E-state index in [1.165, 1.54) is 10.8 Å². The standard InChI is InChI=1S/C19H19N3O2/c1-13-7-6-10-16(14(13)2)21-18(23)17-11-20-19(24)22(17)12-15-8-4-3-5-9-15/h3-11H,12H2,1-2H3,(H,20,24)(H,21,23). The van der Waals surface area contributed by atoms with Crippen LogP contribution in [0.15, 0.2) is 59.5 Å². The normalized spacial score (nSPS) is 10.6. The molecule has 1 aromatic heterocycles. The van der Waals surface area contributed by atoms with Gasteiger partial charge in [-0.15, -0.1) is 0 Å². The molecule has 0 aliphatic carbocycles. The molecular formula is C19H19N3O2. The maximum absolute atomic E-state index is 12.6. The number of anilines is 1. The Balaban J connectivity index is 1.88. The Morgan fingerprint density at radius 3 is 2.58 bits per heavy atom. The van der Waals surface area contributed by atoms with Crippen LogP contribution in [-0.4, -0.2) is 15.5 Å². The fourth-order valence-electron chi connectivity index (χ4n) is 2.58. The summed E-state index contributed by atoms with van der Waals surface area (Å²) in [7, 11) is 0. The molecule has 0 atom stereocenters. The molecule has 0 saturated heterocycles. The summed E-state index contributed by atoms with van der Waals surface area (Å²) in [5, 5.41) is 2.89. The number of rotatable bonds is 4. The molecule has 3 aromatic rings. The molecule has 0 saturated carbocycles. The number of aryl methyl sites for hydroxylation is 1. The Morgan fingerprint density at radius 1 is 1.08 bits per heavy atom. The second-order valence-electron chi connectivity index (χ2n) is 5.75. The molecule has 0 fully saturated rings. The van der Waals surface area contributed by atoms with Crippen LogP contribution in [-0.2, 0) is 6.54 Å². The van der Waals surface area contributed by atoms with Gasteiger partial charge in [0.15, 0.2) is 0 Å². The summed E-state index contributed by atoms with van der Waals surface area (Å²) in [6.07, 6.45) is 1.45. The highest BCUT2D eigenvalue weighted by atomic mass is 16.2. The highest BCUT2D eigenvalue weighted by Crippen LogP contribution is 2.18. The molecule has 1 amide bonds. The lowest BCUT2D eigenvalue weighted by atomic mass is 10.1. The first-order chi connectivity index (χ1) is 11.6. The number of benzene rings is 2. The van der Waals surface area contributed by atoms with Gasteiger partial charge in [0.1, 0.15) is 5.69 Å². The monoisotopic (exact) mass is 321 g/mol. The Kier molecular flexibility index (Phi) is 4.33. The van der Waals surface area contributed by atoms with Crippen molar-refractivity contribution in [2.45, 2.75) is 20.4 Å². The summed E-state index contributed by atoms with van der Waals surface area (Å²) < 4.78 is 1.44. The van der Waals surface area contributed by atoms with E-state index in [9.17, 15) is 9.59 Å². The van der Waals surface area contributed by atoms with Crippen molar-refractivity contribution < 1.29 is 4.79 Å². The number of H-pyrrole nitrogens is 1. The van der Waals surface area contributed by atoms with E-state index in [-0.39, 0.29) is 11.6 Å². The summed E-state index contributed by atoms with van der Waals surface area (Å²) in [5.74, 6) is -0.307. The highest BCUT2D eigenvalue weighted by Gasteiger charge is 2.15. The van der Waals surface area contributed by atoms with Gasteiger partial charge in [-0.3, -0.25) is 9.36 Å². The second kappa shape index (κ2) is 6.58. The number of carbonyl (C=O) groups is 1. The summed E-state index contributed by atoms with van der Waals surface area (Å²) in [4.78, 5) is 27.3. The summed E-state index contributed by atoms with van der Waals surface area (Å²) >= 11 is 0. The Bertz CT molecular complexity index is 923. The van der Waals surface area contributed by atoms with Crippen molar-refractivity contribution in [2.75, 3.05) is 5.32 Å². The maximum Gasteiger partial charge on any atom is 0.326 e. The van der Waals surface area contributed by atoms with Crippen molar-refractivity contribution in [3.63, 3.8) is 0 Å². The fourth-order valence-corrected chi connectivity index (χ4v) is 2.58. The van der Waals surface area contributed by atoms with E-state index < -0.39 is 0 Å². The Morgan fingerprint density at radius 2 is 1.83 bits per heavy atom. The molecule has 5 nitrogen and oxygen atoms in total. The van der Waals surface area contributed by atoms with Crippen molar-refractivity contribution >= 4 is 11.6 Å². The van der Waals surface area contributed by atoms with Gasteiger partial charge in [0.25, 0.3) is 5.91 Å². The molecule has 5 heteroatoms. The van der Waals surface area contributed by atoms with Crippen LogP contribution in [0.5, 0.6) is 0 Å². The van der Waals surface area contributed by atoms with Gasteiger partial charge in [-0.1, -0.05) is 42.5 Å². The second-order valence-corrected chi connectivity index (χ2v) is 5.75. The third-order valence-corrected chi connectivity index (χ3v) is 4.14. The molecule has 3 rings (SSSR count). The minimum Gasteiger partial charge on any atom is -0.320 e. The van der Waals surface area contributed by atoms with Crippen molar-refractivity contribution in [1.82, 2.24) is 9.55 Å². The van der Waals surface area contributed by atoms with E-state index in [0.717, 1.165) is 22.4 Å². The number of hydrogen-bond donors (Lipinski definition) is 2. The fraction of sp³-hybridized carbons (Fsp3) is 0.158. The topological polar surface area (TPSA) is 66.9 Å². The van der Waals surface area contributed by atoms with Gasteiger partial charge in [0, 0.05) is 11.9 Å². The van der Waals surface area contributed by atoms with Crippen molar-refractivity contribution in [1.29, 1.82) is 0 Å². The van der Waals surface area contributed by atoms with Crippen molar-refractivity contribution in [3.8, 4) is 0 Å². The number of hydrogen-bond acceptors (Lipinski definition) is 2. The lowest BCUT2D eigenvalue weighted by molar-refractivity contribution is 0.101. The van der Waals surface area contributed by atoms with Gasteiger partial charge < -0.3 is 10.3 Å². The lowest BCUT2D eigenvalue weighted by Gasteiger charge is -2.11. The summed E-state index contributed by atoms with van der Waals surface area (Å²) in [6, 6.07) is 15.3. The van der Waals surface area contributed by atoms with Gasteiger partial charge in [0.05, 0.1) is 6.54 Å². The highest BCUT2D eigenvalue weighted by molar-refractivity contribution is 6.03. The van der Waals surface area contributed by atoms with Crippen LogP contribution in [0.3, 0.4) is 0 Å². The maximum atomic E-state index is 12.6. The van der Waals surface area contributed by atoms with Crippen LogP contribution in [0, 0.1) is 13.8 Å². The van der Waals surface area contributed by atoms with E-state index in [4.69, 9.17) is 0 Å². The van der Waals surface area contributed by atoms with Crippen LogP contribution in [0.2, 0.25) is 0 Å².